The fourth-order valence-corrected chi connectivity index (χ4v) is 3.39. The molecular weight excluding hydrogens is 198 g/mol. The molecule has 1 aliphatic carbocycles. The second-order valence-electron chi connectivity index (χ2n) is 5.50. The molecular formula is C14H27NO. The summed E-state index contributed by atoms with van der Waals surface area (Å²) >= 11 is 0. The molecule has 0 spiro atoms. The van der Waals surface area contributed by atoms with Crippen LogP contribution in [0.5, 0.6) is 0 Å². The first kappa shape index (κ1) is 12.4. The average molecular weight is 225 g/mol. The Morgan fingerprint density at radius 3 is 2.50 bits per heavy atom. The summed E-state index contributed by atoms with van der Waals surface area (Å²) in [7, 11) is 0. The van der Waals surface area contributed by atoms with Crippen molar-refractivity contribution in [2.45, 2.75) is 57.9 Å². The third-order valence-corrected chi connectivity index (χ3v) is 4.24. The van der Waals surface area contributed by atoms with Gasteiger partial charge in [-0.2, -0.15) is 0 Å². The molecule has 2 nitrogen and oxygen atoms in total. The molecule has 0 aromatic carbocycles. The van der Waals surface area contributed by atoms with E-state index in [0.29, 0.717) is 0 Å². The minimum absolute atomic E-state index is 0.739. The molecule has 0 amide bonds. The van der Waals surface area contributed by atoms with Gasteiger partial charge in [-0.05, 0) is 50.5 Å². The van der Waals surface area contributed by atoms with Crippen molar-refractivity contribution in [3.8, 4) is 0 Å². The lowest BCUT2D eigenvalue weighted by Crippen LogP contribution is -2.45. The highest BCUT2D eigenvalue weighted by Gasteiger charge is 2.31. The monoisotopic (exact) mass is 225 g/mol. The highest BCUT2D eigenvalue weighted by atomic mass is 16.5. The molecule has 0 bridgehead atoms. The molecule has 2 rings (SSSR count). The van der Waals surface area contributed by atoms with Gasteiger partial charge >= 0.3 is 0 Å². The SMILES string of the molecule is CCCNC(C1CCCC1)C1CCCOC1. The summed E-state index contributed by atoms with van der Waals surface area (Å²) in [5.41, 5.74) is 0. The maximum atomic E-state index is 5.66. The molecule has 2 unspecified atom stereocenters. The second kappa shape index (κ2) is 6.61. The summed E-state index contributed by atoms with van der Waals surface area (Å²) < 4.78 is 5.66. The van der Waals surface area contributed by atoms with Gasteiger partial charge in [0.1, 0.15) is 0 Å². The zero-order chi connectivity index (χ0) is 11.2. The Bertz CT molecular complexity index is 183. The van der Waals surface area contributed by atoms with Crippen molar-refractivity contribution in [1.82, 2.24) is 5.32 Å². The highest BCUT2D eigenvalue weighted by Crippen LogP contribution is 2.33. The predicted molar refractivity (Wildman–Crippen MR) is 67.6 cm³/mol. The first-order chi connectivity index (χ1) is 7.92. The van der Waals surface area contributed by atoms with Gasteiger partial charge in [0.05, 0.1) is 6.61 Å². The zero-order valence-corrected chi connectivity index (χ0v) is 10.7. The smallest absolute Gasteiger partial charge is 0.0509 e. The number of rotatable bonds is 5. The van der Waals surface area contributed by atoms with Crippen molar-refractivity contribution in [1.29, 1.82) is 0 Å². The van der Waals surface area contributed by atoms with E-state index >= 15 is 0 Å². The molecule has 2 aliphatic rings. The van der Waals surface area contributed by atoms with Crippen molar-refractivity contribution in [2.24, 2.45) is 11.8 Å². The Hall–Kier alpha value is -0.0800. The normalized spacial score (nSPS) is 29.4. The van der Waals surface area contributed by atoms with Crippen molar-refractivity contribution < 1.29 is 4.74 Å². The van der Waals surface area contributed by atoms with E-state index < -0.39 is 0 Å². The lowest BCUT2D eigenvalue weighted by Gasteiger charge is -2.35. The lowest BCUT2D eigenvalue weighted by molar-refractivity contribution is 0.0291. The largest absolute Gasteiger partial charge is 0.381 e. The number of nitrogens with one attached hydrogen (secondary N) is 1. The van der Waals surface area contributed by atoms with Crippen LogP contribution in [0.25, 0.3) is 0 Å². The van der Waals surface area contributed by atoms with Crippen molar-refractivity contribution in [3.05, 3.63) is 0 Å². The third kappa shape index (κ3) is 3.21. The van der Waals surface area contributed by atoms with Crippen LogP contribution >= 0.6 is 0 Å². The molecule has 1 aliphatic heterocycles. The molecule has 1 heterocycles. The van der Waals surface area contributed by atoms with E-state index in [0.717, 1.165) is 31.1 Å². The highest BCUT2D eigenvalue weighted by molar-refractivity contribution is 4.87. The van der Waals surface area contributed by atoms with Gasteiger partial charge in [0.15, 0.2) is 0 Å². The Balaban J connectivity index is 1.89. The fraction of sp³-hybridized carbons (Fsp3) is 1.00. The van der Waals surface area contributed by atoms with Crippen LogP contribution in [0.3, 0.4) is 0 Å². The number of ether oxygens (including phenoxy) is 1. The minimum atomic E-state index is 0.739. The van der Waals surface area contributed by atoms with Crippen molar-refractivity contribution in [3.63, 3.8) is 0 Å². The summed E-state index contributed by atoms with van der Waals surface area (Å²) in [6.07, 6.45) is 9.66. The molecule has 1 N–H and O–H groups in total. The first-order valence-corrected chi connectivity index (χ1v) is 7.23. The third-order valence-electron chi connectivity index (χ3n) is 4.24. The molecule has 0 aromatic heterocycles. The molecule has 94 valence electrons. The first-order valence-electron chi connectivity index (χ1n) is 7.23. The van der Waals surface area contributed by atoms with Crippen molar-refractivity contribution in [2.75, 3.05) is 19.8 Å². The van der Waals surface area contributed by atoms with Crippen LogP contribution in [0.1, 0.15) is 51.9 Å². The van der Waals surface area contributed by atoms with Gasteiger partial charge in [0.25, 0.3) is 0 Å². The van der Waals surface area contributed by atoms with Crippen LogP contribution in [-0.4, -0.2) is 25.8 Å². The second-order valence-corrected chi connectivity index (χ2v) is 5.50. The Morgan fingerprint density at radius 2 is 1.88 bits per heavy atom. The van der Waals surface area contributed by atoms with Crippen LogP contribution < -0.4 is 5.32 Å². The molecule has 2 fully saturated rings. The molecule has 0 radical (unpaired) electrons. The van der Waals surface area contributed by atoms with E-state index in [-0.39, 0.29) is 0 Å². The molecule has 1 saturated heterocycles. The van der Waals surface area contributed by atoms with Gasteiger partial charge in [0.2, 0.25) is 0 Å². The number of hydrogen-bond donors (Lipinski definition) is 1. The summed E-state index contributed by atoms with van der Waals surface area (Å²) in [6, 6.07) is 0.739. The Morgan fingerprint density at radius 1 is 1.12 bits per heavy atom. The molecule has 1 saturated carbocycles. The Kier molecular flexibility index (Phi) is 5.11. The van der Waals surface area contributed by atoms with E-state index in [1.807, 2.05) is 0 Å². The molecule has 16 heavy (non-hydrogen) atoms. The van der Waals surface area contributed by atoms with E-state index in [9.17, 15) is 0 Å². The zero-order valence-electron chi connectivity index (χ0n) is 10.7. The average Bonchev–Trinajstić information content (AvgIpc) is 2.85. The minimum Gasteiger partial charge on any atom is -0.381 e. The van der Waals surface area contributed by atoms with Crippen LogP contribution in [0.4, 0.5) is 0 Å². The van der Waals surface area contributed by atoms with E-state index in [2.05, 4.69) is 12.2 Å². The molecule has 0 aromatic rings. The summed E-state index contributed by atoms with van der Waals surface area (Å²) in [4.78, 5) is 0. The Labute approximate surface area is 100 Å². The van der Waals surface area contributed by atoms with Crippen LogP contribution in [0, 0.1) is 11.8 Å². The predicted octanol–water partition coefficient (Wildman–Crippen LogP) is 2.97. The maximum absolute atomic E-state index is 5.66. The van der Waals surface area contributed by atoms with Crippen LogP contribution in [-0.2, 0) is 4.74 Å². The van der Waals surface area contributed by atoms with E-state index in [4.69, 9.17) is 4.74 Å². The van der Waals surface area contributed by atoms with Crippen molar-refractivity contribution >= 4 is 0 Å². The van der Waals surface area contributed by atoms with E-state index in [1.54, 1.807) is 0 Å². The summed E-state index contributed by atoms with van der Waals surface area (Å²) in [6.45, 7) is 5.42. The van der Waals surface area contributed by atoms with Crippen LogP contribution in [0.2, 0.25) is 0 Å². The molecule has 2 atom stereocenters. The standard InChI is InChI=1S/C14H27NO/c1-2-9-15-14(12-6-3-4-7-12)13-8-5-10-16-11-13/h12-15H,2-11H2,1H3. The number of hydrogen-bond acceptors (Lipinski definition) is 2. The summed E-state index contributed by atoms with van der Waals surface area (Å²) in [5, 5.41) is 3.80. The summed E-state index contributed by atoms with van der Waals surface area (Å²) in [5.74, 6) is 1.71. The van der Waals surface area contributed by atoms with Gasteiger partial charge in [-0.1, -0.05) is 19.8 Å². The van der Waals surface area contributed by atoms with Gasteiger partial charge in [-0.15, -0.1) is 0 Å². The molecule has 2 heteroatoms. The maximum Gasteiger partial charge on any atom is 0.0509 e. The van der Waals surface area contributed by atoms with Gasteiger partial charge in [-0.3, -0.25) is 0 Å². The fourth-order valence-electron chi connectivity index (χ4n) is 3.39. The lowest BCUT2D eigenvalue weighted by atomic mass is 9.84. The van der Waals surface area contributed by atoms with E-state index in [1.165, 1.54) is 51.5 Å². The topological polar surface area (TPSA) is 21.3 Å². The van der Waals surface area contributed by atoms with Gasteiger partial charge in [0, 0.05) is 12.6 Å². The van der Waals surface area contributed by atoms with Gasteiger partial charge in [-0.25, -0.2) is 0 Å². The quantitative estimate of drug-likeness (QED) is 0.776. The van der Waals surface area contributed by atoms with Crippen LogP contribution in [0.15, 0.2) is 0 Å². The van der Waals surface area contributed by atoms with Gasteiger partial charge < -0.3 is 10.1 Å².